The molecule has 0 aliphatic carbocycles. The van der Waals surface area contributed by atoms with Crippen molar-refractivity contribution < 1.29 is 13.7 Å². The van der Waals surface area contributed by atoms with Crippen molar-refractivity contribution in [1.29, 1.82) is 0 Å². The summed E-state index contributed by atoms with van der Waals surface area (Å²) >= 11 is 0. The molecular weight excluding hydrogens is 286 g/mol. The lowest BCUT2D eigenvalue weighted by Gasteiger charge is -1.97. The van der Waals surface area contributed by atoms with Gasteiger partial charge in [0.05, 0.1) is 6.54 Å². The number of carbonyl (C=O) groups excluding carboxylic acids is 1. The van der Waals surface area contributed by atoms with Crippen molar-refractivity contribution in [2.45, 2.75) is 19.9 Å². The van der Waals surface area contributed by atoms with Crippen molar-refractivity contribution in [1.82, 2.24) is 25.7 Å². The van der Waals surface area contributed by atoms with E-state index in [1.807, 2.05) is 6.92 Å². The quantitative estimate of drug-likeness (QED) is 0.762. The highest BCUT2D eigenvalue weighted by molar-refractivity contribution is 5.92. The number of amides is 1. The maximum Gasteiger partial charge on any atom is 0.273 e. The molecule has 0 bridgehead atoms. The van der Waals surface area contributed by atoms with Crippen LogP contribution in [0.5, 0.6) is 0 Å². The molecule has 0 atom stereocenters. The van der Waals surface area contributed by atoms with E-state index in [-0.39, 0.29) is 18.1 Å². The first-order chi connectivity index (χ1) is 10.8. The van der Waals surface area contributed by atoms with Gasteiger partial charge in [0.2, 0.25) is 11.8 Å². The van der Waals surface area contributed by atoms with E-state index < -0.39 is 0 Å². The molecule has 8 nitrogen and oxygen atoms in total. The largest absolute Gasteiger partial charge is 0.419 e. The number of nitrogens with zero attached hydrogens (tertiary/aromatic N) is 4. The third kappa shape index (κ3) is 3.00. The Morgan fingerprint density at radius 3 is 2.82 bits per heavy atom. The lowest BCUT2D eigenvalue weighted by molar-refractivity contribution is 0.0938. The van der Waals surface area contributed by atoms with E-state index in [0.717, 1.165) is 5.56 Å². The van der Waals surface area contributed by atoms with E-state index in [4.69, 9.17) is 8.94 Å². The summed E-state index contributed by atoms with van der Waals surface area (Å²) in [5.74, 6) is 0.982. The van der Waals surface area contributed by atoms with Crippen LogP contribution in [0.4, 0.5) is 0 Å². The van der Waals surface area contributed by atoms with Crippen molar-refractivity contribution in [3.8, 4) is 11.5 Å². The zero-order valence-corrected chi connectivity index (χ0v) is 11.8. The van der Waals surface area contributed by atoms with Crippen molar-refractivity contribution in [3.63, 3.8) is 0 Å². The van der Waals surface area contributed by atoms with Gasteiger partial charge < -0.3 is 14.3 Å². The minimum Gasteiger partial charge on any atom is -0.419 e. The number of hydrogen-bond donors (Lipinski definition) is 1. The number of aromatic nitrogens is 4. The summed E-state index contributed by atoms with van der Waals surface area (Å²) in [7, 11) is 0. The topological polar surface area (TPSA) is 107 Å². The molecule has 0 radical (unpaired) electrons. The molecule has 0 saturated heterocycles. The van der Waals surface area contributed by atoms with Gasteiger partial charge in [-0.1, -0.05) is 12.1 Å². The second-order valence-electron chi connectivity index (χ2n) is 4.45. The highest BCUT2D eigenvalue weighted by Gasteiger charge is 2.14. The lowest BCUT2D eigenvalue weighted by atomic mass is 10.3. The SMILES string of the molecule is CCc1cc(C(=O)NCc2nnc(-c3ccncc3)o2)no1. The van der Waals surface area contributed by atoms with Crippen molar-refractivity contribution >= 4 is 5.91 Å². The first kappa shape index (κ1) is 13.9. The van der Waals surface area contributed by atoms with Gasteiger partial charge >= 0.3 is 0 Å². The summed E-state index contributed by atoms with van der Waals surface area (Å²) in [6, 6.07) is 5.13. The number of carbonyl (C=O) groups is 1. The average Bonchev–Trinajstić information content (AvgIpc) is 3.22. The van der Waals surface area contributed by atoms with Crippen LogP contribution in [0.3, 0.4) is 0 Å². The molecule has 0 unspecified atom stereocenters. The maximum atomic E-state index is 11.9. The van der Waals surface area contributed by atoms with Crippen LogP contribution >= 0.6 is 0 Å². The Hall–Kier alpha value is -3.03. The molecule has 1 N–H and O–H groups in total. The van der Waals surface area contributed by atoms with Crippen LogP contribution in [0.15, 0.2) is 39.5 Å². The van der Waals surface area contributed by atoms with Gasteiger partial charge in [-0.15, -0.1) is 10.2 Å². The third-order valence-electron chi connectivity index (χ3n) is 2.93. The molecule has 1 amide bonds. The summed E-state index contributed by atoms with van der Waals surface area (Å²) in [5, 5.41) is 14.1. The minimum atomic E-state index is -0.355. The van der Waals surface area contributed by atoms with Crippen LogP contribution in [0, 0.1) is 0 Å². The molecule has 3 rings (SSSR count). The Balaban J connectivity index is 1.62. The van der Waals surface area contributed by atoms with Crippen LogP contribution in [-0.2, 0) is 13.0 Å². The molecular formula is C14H13N5O3. The normalized spacial score (nSPS) is 10.6. The first-order valence-corrected chi connectivity index (χ1v) is 6.73. The molecule has 0 aliphatic heterocycles. The van der Waals surface area contributed by atoms with Gasteiger partial charge in [0.1, 0.15) is 5.76 Å². The van der Waals surface area contributed by atoms with E-state index in [2.05, 4.69) is 25.7 Å². The van der Waals surface area contributed by atoms with Crippen LogP contribution in [-0.4, -0.2) is 26.2 Å². The summed E-state index contributed by atoms with van der Waals surface area (Å²) < 4.78 is 10.5. The smallest absolute Gasteiger partial charge is 0.273 e. The molecule has 22 heavy (non-hydrogen) atoms. The molecule has 0 aromatic carbocycles. The van der Waals surface area contributed by atoms with Gasteiger partial charge in [-0.2, -0.15) is 0 Å². The van der Waals surface area contributed by atoms with E-state index in [9.17, 15) is 4.79 Å². The number of aryl methyl sites for hydroxylation is 1. The molecule has 3 heterocycles. The van der Waals surface area contributed by atoms with Gasteiger partial charge in [-0.3, -0.25) is 9.78 Å². The van der Waals surface area contributed by atoms with Crippen molar-refractivity contribution in [2.75, 3.05) is 0 Å². The van der Waals surface area contributed by atoms with Crippen LogP contribution in [0.25, 0.3) is 11.5 Å². The zero-order valence-electron chi connectivity index (χ0n) is 11.8. The lowest BCUT2D eigenvalue weighted by Crippen LogP contribution is -2.23. The average molecular weight is 299 g/mol. The maximum absolute atomic E-state index is 11.9. The van der Waals surface area contributed by atoms with Gasteiger partial charge in [0.15, 0.2) is 5.69 Å². The van der Waals surface area contributed by atoms with E-state index in [1.54, 1.807) is 30.6 Å². The number of rotatable bonds is 5. The third-order valence-corrected chi connectivity index (χ3v) is 2.93. The fraction of sp³-hybridized carbons (Fsp3) is 0.214. The Labute approximate surface area is 125 Å². The number of hydrogen-bond acceptors (Lipinski definition) is 7. The van der Waals surface area contributed by atoms with Gasteiger partial charge in [0, 0.05) is 30.4 Å². The summed E-state index contributed by atoms with van der Waals surface area (Å²) in [6.07, 6.45) is 3.95. The molecule has 112 valence electrons. The summed E-state index contributed by atoms with van der Waals surface area (Å²) in [6.45, 7) is 2.03. The molecule has 0 aliphatic rings. The second kappa shape index (κ2) is 6.17. The van der Waals surface area contributed by atoms with Gasteiger partial charge in [0.25, 0.3) is 5.91 Å². The number of nitrogens with one attached hydrogen (secondary N) is 1. The van der Waals surface area contributed by atoms with E-state index in [0.29, 0.717) is 24.0 Å². The standard InChI is InChI=1S/C14H13N5O3/c1-2-10-7-11(19-22-10)13(20)16-8-12-17-18-14(21-12)9-3-5-15-6-4-9/h3-7H,2,8H2,1H3,(H,16,20). The second-order valence-corrected chi connectivity index (χ2v) is 4.45. The predicted molar refractivity (Wildman–Crippen MR) is 74.6 cm³/mol. The minimum absolute atomic E-state index is 0.116. The van der Waals surface area contributed by atoms with Gasteiger partial charge in [-0.25, -0.2) is 0 Å². The fourth-order valence-corrected chi connectivity index (χ4v) is 1.77. The van der Waals surface area contributed by atoms with Crippen molar-refractivity contribution in [3.05, 3.63) is 47.9 Å². The molecule has 8 heteroatoms. The molecule has 3 aromatic rings. The van der Waals surface area contributed by atoms with E-state index >= 15 is 0 Å². The van der Waals surface area contributed by atoms with Gasteiger partial charge in [-0.05, 0) is 12.1 Å². The Morgan fingerprint density at radius 2 is 2.09 bits per heavy atom. The van der Waals surface area contributed by atoms with Crippen LogP contribution < -0.4 is 5.32 Å². The Kier molecular flexibility index (Phi) is 3.90. The summed E-state index contributed by atoms with van der Waals surface area (Å²) in [5.41, 5.74) is 0.995. The highest BCUT2D eigenvalue weighted by Crippen LogP contribution is 2.16. The van der Waals surface area contributed by atoms with Crippen molar-refractivity contribution in [2.24, 2.45) is 0 Å². The highest BCUT2D eigenvalue weighted by atomic mass is 16.5. The molecule has 0 saturated carbocycles. The summed E-state index contributed by atoms with van der Waals surface area (Å²) in [4.78, 5) is 15.8. The number of pyridine rings is 1. The molecule has 0 spiro atoms. The predicted octanol–water partition coefficient (Wildman–Crippen LogP) is 1.61. The Morgan fingerprint density at radius 1 is 1.27 bits per heavy atom. The first-order valence-electron chi connectivity index (χ1n) is 6.73. The fourth-order valence-electron chi connectivity index (χ4n) is 1.77. The van der Waals surface area contributed by atoms with E-state index in [1.165, 1.54) is 0 Å². The molecule has 3 aromatic heterocycles. The Bertz CT molecular complexity index is 766. The monoisotopic (exact) mass is 299 g/mol. The zero-order chi connectivity index (χ0) is 15.4. The molecule has 0 fully saturated rings. The van der Waals surface area contributed by atoms with Crippen LogP contribution in [0.1, 0.15) is 29.1 Å². The van der Waals surface area contributed by atoms with Crippen LogP contribution in [0.2, 0.25) is 0 Å².